The first-order valence-corrected chi connectivity index (χ1v) is 8.68. The number of hydrogen-bond donors (Lipinski definition) is 2. The first-order valence-electron chi connectivity index (χ1n) is 8.30. The molecule has 0 amide bonds. The van der Waals surface area contributed by atoms with Crippen LogP contribution in [0, 0.1) is 0 Å². The molecule has 0 bridgehead atoms. The van der Waals surface area contributed by atoms with Gasteiger partial charge in [-0.3, -0.25) is 4.99 Å². The van der Waals surface area contributed by atoms with Crippen LogP contribution in [0.5, 0.6) is 5.75 Å². The van der Waals surface area contributed by atoms with Crippen molar-refractivity contribution in [1.82, 2.24) is 15.8 Å². The lowest BCUT2D eigenvalue weighted by Crippen LogP contribution is -2.41. The summed E-state index contributed by atoms with van der Waals surface area (Å²) in [6.45, 7) is 7.25. The van der Waals surface area contributed by atoms with E-state index < -0.39 is 0 Å². The van der Waals surface area contributed by atoms with Crippen LogP contribution in [0.4, 0.5) is 0 Å². The third-order valence-corrected chi connectivity index (χ3v) is 3.75. The van der Waals surface area contributed by atoms with E-state index in [0.29, 0.717) is 30.0 Å². The predicted octanol–water partition coefficient (Wildman–Crippen LogP) is 3.58. The molecular weight excluding hydrogens is 340 g/mol. The Kier molecular flexibility index (Phi) is 7.13. The number of nitrogens with one attached hydrogen (secondary N) is 2. The van der Waals surface area contributed by atoms with Gasteiger partial charge in [0.1, 0.15) is 11.9 Å². The van der Waals surface area contributed by atoms with Gasteiger partial charge in [0.15, 0.2) is 11.7 Å². The lowest BCUT2D eigenvalue weighted by molar-refractivity contribution is 0.224. The monoisotopic (exact) mass is 364 g/mol. The summed E-state index contributed by atoms with van der Waals surface area (Å²) < 4.78 is 11.1. The first kappa shape index (κ1) is 19.1. The van der Waals surface area contributed by atoms with Crippen molar-refractivity contribution in [3.8, 4) is 5.75 Å². The molecule has 1 aromatic carbocycles. The normalized spacial score (nSPS) is 13.0. The molecule has 136 valence electrons. The highest BCUT2D eigenvalue weighted by atomic mass is 35.5. The van der Waals surface area contributed by atoms with Crippen LogP contribution in [0.15, 0.2) is 39.8 Å². The summed E-state index contributed by atoms with van der Waals surface area (Å²) in [5.41, 5.74) is 0.947. The van der Waals surface area contributed by atoms with Crippen LogP contribution in [-0.2, 0) is 6.54 Å². The Bertz CT molecular complexity index is 700. The number of nitrogens with zero attached hydrogens (tertiary/aromatic N) is 2. The van der Waals surface area contributed by atoms with E-state index in [1.807, 2.05) is 31.2 Å². The minimum absolute atomic E-state index is 0.0464. The van der Waals surface area contributed by atoms with Gasteiger partial charge < -0.3 is 19.9 Å². The molecule has 6 nitrogen and oxygen atoms in total. The standard InChI is InChI=1S/C18H25ClN4O2/c1-12(2)17-9-16(25-23-17)11-22-18(20-4)21-10-13(3)24-15-7-5-6-14(19)8-15/h5-9,12-13H,10-11H2,1-4H3,(H2,20,21,22). The molecule has 1 atom stereocenters. The Morgan fingerprint density at radius 2 is 2.08 bits per heavy atom. The number of rotatable bonds is 7. The molecule has 2 N–H and O–H groups in total. The van der Waals surface area contributed by atoms with E-state index in [-0.39, 0.29) is 6.10 Å². The quantitative estimate of drug-likeness (QED) is 0.580. The van der Waals surface area contributed by atoms with Crippen LogP contribution >= 0.6 is 11.6 Å². The molecule has 0 spiro atoms. The van der Waals surface area contributed by atoms with E-state index in [2.05, 4.69) is 34.6 Å². The highest BCUT2D eigenvalue weighted by molar-refractivity contribution is 6.30. The predicted molar refractivity (Wildman–Crippen MR) is 100 cm³/mol. The fourth-order valence-electron chi connectivity index (χ4n) is 2.13. The Labute approximate surface area is 153 Å². The maximum atomic E-state index is 5.96. The highest BCUT2D eigenvalue weighted by Gasteiger charge is 2.09. The summed E-state index contributed by atoms with van der Waals surface area (Å²) in [6, 6.07) is 9.31. The average Bonchev–Trinajstić information content (AvgIpc) is 3.04. The zero-order valence-electron chi connectivity index (χ0n) is 15.0. The molecule has 2 rings (SSSR count). The Morgan fingerprint density at radius 3 is 2.72 bits per heavy atom. The van der Waals surface area contributed by atoms with Crippen molar-refractivity contribution in [2.75, 3.05) is 13.6 Å². The van der Waals surface area contributed by atoms with E-state index in [1.165, 1.54) is 0 Å². The zero-order valence-corrected chi connectivity index (χ0v) is 15.8. The maximum absolute atomic E-state index is 5.96. The fraction of sp³-hybridized carbons (Fsp3) is 0.444. The minimum atomic E-state index is -0.0464. The third kappa shape index (κ3) is 6.31. The van der Waals surface area contributed by atoms with Gasteiger partial charge in [-0.05, 0) is 31.0 Å². The van der Waals surface area contributed by atoms with Gasteiger partial charge in [0, 0.05) is 18.1 Å². The zero-order chi connectivity index (χ0) is 18.2. The van der Waals surface area contributed by atoms with Crippen molar-refractivity contribution in [3.63, 3.8) is 0 Å². The van der Waals surface area contributed by atoms with Gasteiger partial charge in [0.05, 0.1) is 18.8 Å². The van der Waals surface area contributed by atoms with Crippen molar-refractivity contribution >= 4 is 17.6 Å². The summed E-state index contributed by atoms with van der Waals surface area (Å²) in [5, 5.41) is 11.1. The van der Waals surface area contributed by atoms with Crippen LogP contribution in [0.3, 0.4) is 0 Å². The average molecular weight is 365 g/mol. The van der Waals surface area contributed by atoms with Crippen molar-refractivity contribution in [1.29, 1.82) is 0 Å². The Morgan fingerprint density at radius 1 is 1.28 bits per heavy atom. The molecule has 25 heavy (non-hydrogen) atoms. The number of aromatic nitrogens is 1. The second-order valence-corrected chi connectivity index (χ2v) is 6.50. The van der Waals surface area contributed by atoms with Crippen LogP contribution < -0.4 is 15.4 Å². The number of benzene rings is 1. The van der Waals surface area contributed by atoms with Gasteiger partial charge in [-0.15, -0.1) is 0 Å². The van der Waals surface area contributed by atoms with Gasteiger partial charge in [0.25, 0.3) is 0 Å². The molecule has 2 aromatic rings. The smallest absolute Gasteiger partial charge is 0.191 e. The third-order valence-electron chi connectivity index (χ3n) is 3.51. The van der Waals surface area contributed by atoms with Crippen molar-refractivity contribution in [3.05, 3.63) is 46.8 Å². The molecule has 0 fully saturated rings. The van der Waals surface area contributed by atoms with E-state index in [1.54, 1.807) is 13.1 Å². The van der Waals surface area contributed by atoms with Gasteiger partial charge in [-0.2, -0.15) is 0 Å². The number of aliphatic imine (C=N–C) groups is 1. The topological polar surface area (TPSA) is 71.7 Å². The van der Waals surface area contributed by atoms with E-state index >= 15 is 0 Å². The summed E-state index contributed by atoms with van der Waals surface area (Å²) in [4.78, 5) is 4.19. The molecule has 1 heterocycles. The summed E-state index contributed by atoms with van der Waals surface area (Å²) in [6.07, 6.45) is -0.0464. The molecule has 7 heteroatoms. The molecule has 0 aliphatic rings. The number of halogens is 1. The van der Waals surface area contributed by atoms with Crippen LogP contribution in [0.1, 0.15) is 38.1 Å². The van der Waals surface area contributed by atoms with Crippen LogP contribution in [0.2, 0.25) is 5.02 Å². The Hall–Kier alpha value is -2.21. The van der Waals surface area contributed by atoms with Crippen LogP contribution in [-0.4, -0.2) is 30.8 Å². The van der Waals surface area contributed by atoms with E-state index in [4.69, 9.17) is 20.9 Å². The van der Waals surface area contributed by atoms with Crippen molar-refractivity contribution < 1.29 is 9.26 Å². The van der Waals surface area contributed by atoms with E-state index in [0.717, 1.165) is 17.2 Å². The summed E-state index contributed by atoms with van der Waals surface area (Å²) >= 11 is 5.96. The van der Waals surface area contributed by atoms with Gasteiger partial charge in [-0.1, -0.05) is 36.7 Å². The van der Waals surface area contributed by atoms with Gasteiger partial charge >= 0.3 is 0 Å². The van der Waals surface area contributed by atoms with Crippen molar-refractivity contribution in [2.45, 2.75) is 39.3 Å². The molecule has 0 aliphatic heterocycles. The summed E-state index contributed by atoms with van der Waals surface area (Å²) in [7, 11) is 1.72. The molecule has 1 aromatic heterocycles. The second kappa shape index (κ2) is 9.32. The Balaban J connectivity index is 1.77. The second-order valence-electron chi connectivity index (χ2n) is 6.07. The molecule has 0 saturated carbocycles. The molecule has 0 radical (unpaired) electrons. The first-order chi connectivity index (χ1) is 12.0. The highest BCUT2D eigenvalue weighted by Crippen LogP contribution is 2.18. The van der Waals surface area contributed by atoms with Gasteiger partial charge in [0.2, 0.25) is 0 Å². The number of guanidine groups is 1. The molecule has 1 unspecified atom stereocenters. The van der Waals surface area contributed by atoms with Crippen LogP contribution in [0.25, 0.3) is 0 Å². The largest absolute Gasteiger partial charge is 0.489 e. The fourth-order valence-corrected chi connectivity index (χ4v) is 2.31. The lowest BCUT2D eigenvalue weighted by Gasteiger charge is -2.17. The van der Waals surface area contributed by atoms with Crippen molar-refractivity contribution in [2.24, 2.45) is 4.99 Å². The molecular formula is C18H25ClN4O2. The lowest BCUT2D eigenvalue weighted by atomic mass is 10.1. The number of ether oxygens (including phenoxy) is 1. The SMILES string of the molecule is CN=C(NCc1cc(C(C)C)no1)NCC(C)Oc1cccc(Cl)c1. The maximum Gasteiger partial charge on any atom is 0.191 e. The molecule has 0 aliphatic carbocycles. The number of hydrogen-bond acceptors (Lipinski definition) is 4. The van der Waals surface area contributed by atoms with E-state index in [9.17, 15) is 0 Å². The van der Waals surface area contributed by atoms with Gasteiger partial charge in [-0.25, -0.2) is 0 Å². The summed E-state index contributed by atoms with van der Waals surface area (Å²) in [5.74, 6) is 2.53. The molecule has 0 saturated heterocycles. The minimum Gasteiger partial charge on any atom is -0.489 e.